The molecule has 0 fully saturated rings. The lowest BCUT2D eigenvalue weighted by molar-refractivity contribution is -0.111. The van der Waals surface area contributed by atoms with Crippen LogP contribution in [0.5, 0.6) is 0 Å². The highest BCUT2D eigenvalue weighted by molar-refractivity contribution is 6.03. The molecule has 0 atom stereocenters. The largest absolute Gasteiger partial charge is 0.346 e. The van der Waals surface area contributed by atoms with Crippen LogP contribution in [-0.2, 0) is 16.8 Å². The van der Waals surface area contributed by atoms with Crippen LogP contribution in [0.25, 0.3) is 6.08 Å². The quantitative estimate of drug-likeness (QED) is 0.561. The van der Waals surface area contributed by atoms with Gasteiger partial charge in [0.25, 0.3) is 5.91 Å². The summed E-state index contributed by atoms with van der Waals surface area (Å²) in [4.78, 5) is 28.9. The van der Waals surface area contributed by atoms with Gasteiger partial charge in [-0.25, -0.2) is 0 Å². The summed E-state index contributed by atoms with van der Waals surface area (Å²) >= 11 is 0. The summed E-state index contributed by atoms with van der Waals surface area (Å²) in [6.07, 6.45) is 4.94. The molecule has 3 rings (SSSR count). The number of aromatic nitrogens is 1. The number of hydrogen-bond acceptors (Lipinski definition) is 3. The zero-order chi connectivity index (χ0) is 22.3. The predicted molar refractivity (Wildman–Crippen MR) is 125 cm³/mol. The Bertz CT molecular complexity index is 1070. The van der Waals surface area contributed by atoms with Crippen molar-refractivity contribution in [1.82, 2.24) is 10.3 Å². The highest BCUT2D eigenvalue weighted by Crippen LogP contribution is 2.22. The third kappa shape index (κ3) is 6.64. The zero-order valence-electron chi connectivity index (χ0n) is 18.1. The van der Waals surface area contributed by atoms with Crippen molar-refractivity contribution >= 4 is 23.6 Å². The van der Waals surface area contributed by atoms with Gasteiger partial charge in [0.15, 0.2) is 0 Å². The van der Waals surface area contributed by atoms with Crippen molar-refractivity contribution in [2.75, 3.05) is 5.32 Å². The molecular weight excluding hydrogens is 386 g/mol. The molecule has 0 saturated carbocycles. The monoisotopic (exact) mass is 413 g/mol. The molecule has 31 heavy (non-hydrogen) atoms. The molecule has 0 aliphatic rings. The second-order valence-electron chi connectivity index (χ2n) is 8.28. The fourth-order valence-corrected chi connectivity index (χ4v) is 2.96. The van der Waals surface area contributed by atoms with Gasteiger partial charge < -0.3 is 10.6 Å². The van der Waals surface area contributed by atoms with E-state index in [1.807, 2.05) is 30.3 Å². The second kappa shape index (κ2) is 9.85. The molecule has 1 aromatic heterocycles. The van der Waals surface area contributed by atoms with E-state index in [0.717, 1.165) is 11.3 Å². The highest BCUT2D eigenvalue weighted by Gasteiger charge is 2.12. The van der Waals surface area contributed by atoms with Crippen LogP contribution in [0.15, 0.2) is 79.0 Å². The molecule has 2 aromatic carbocycles. The maximum absolute atomic E-state index is 12.4. The van der Waals surface area contributed by atoms with E-state index in [9.17, 15) is 9.59 Å². The SMILES string of the molecule is CC(C)(C)c1ccc(C=CC(=O)Nc2cccc(C(=O)NCc3ccccn3)c2)cc1. The number of pyridine rings is 1. The molecule has 5 heteroatoms. The molecular formula is C26H27N3O2. The van der Waals surface area contributed by atoms with Crippen molar-refractivity contribution in [1.29, 1.82) is 0 Å². The van der Waals surface area contributed by atoms with Crippen molar-refractivity contribution in [3.63, 3.8) is 0 Å². The van der Waals surface area contributed by atoms with E-state index in [1.54, 1.807) is 36.5 Å². The van der Waals surface area contributed by atoms with E-state index < -0.39 is 0 Å². The molecule has 0 aliphatic carbocycles. The van der Waals surface area contributed by atoms with Crippen molar-refractivity contribution in [3.05, 3.63) is 101 Å². The zero-order valence-corrected chi connectivity index (χ0v) is 18.1. The first kappa shape index (κ1) is 22.0. The Morgan fingerprint density at radius 3 is 2.42 bits per heavy atom. The topological polar surface area (TPSA) is 71.1 Å². The summed E-state index contributed by atoms with van der Waals surface area (Å²) in [7, 11) is 0. The standard InChI is InChI=1S/C26H27N3O2/c1-26(2,3)21-13-10-19(11-14-21)12-15-24(30)29-22-9-6-7-20(17-22)25(31)28-18-23-8-4-5-16-27-23/h4-17H,18H2,1-3H3,(H,28,31)(H,29,30). The van der Waals surface area contributed by atoms with Crippen LogP contribution < -0.4 is 10.6 Å². The van der Waals surface area contributed by atoms with Crippen molar-refractivity contribution < 1.29 is 9.59 Å². The first-order valence-electron chi connectivity index (χ1n) is 10.2. The van der Waals surface area contributed by atoms with Crippen molar-refractivity contribution in [2.45, 2.75) is 32.7 Å². The van der Waals surface area contributed by atoms with Crippen LogP contribution in [0.2, 0.25) is 0 Å². The molecule has 2 amide bonds. The first-order valence-corrected chi connectivity index (χ1v) is 10.2. The minimum Gasteiger partial charge on any atom is -0.346 e. The highest BCUT2D eigenvalue weighted by atomic mass is 16.2. The van der Waals surface area contributed by atoms with E-state index >= 15 is 0 Å². The average Bonchev–Trinajstić information content (AvgIpc) is 2.76. The number of rotatable bonds is 6. The summed E-state index contributed by atoms with van der Waals surface area (Å²) in [5.74, 6) is -0.484. The van der Waals surface area contributed by atoms with Gasteiger partial charge in [-0.1, -0.05) is 57.2 Å². The number of anilines is 1. The normalized spacial score (nSPS) is 11.3. The summed E-state index contributed by atoms with van der Waals surface area (Å²) in [6.45, 7) is 6.84. The lowest BCUT2D eigenvalue weighted by Crippen LogP contribution is -2.23. The van der Waals surface area contributed by atoms with Gasteiger partial charge in [-0.3, -0.25) is 14.6 Å². The Hall–Kier alpha value is -3.73. The van der Waals surface area contributed by atoms with Gasteiger partial charge in [0.2, 0.25) is 5.91 Å². The molecule has 1 heterocycles. The van der Waals surface area contributed by atoms with Crippen LogP contribution >= 0.6 is 0 Å². The van der Waals surface area contributed by atoms with E-state index in [0.29, 0.717) is 17.8 Å². The Morgan fingerprint density at radius 1 is 0.968 bits per heavy atom. The first-order chi connectivity index (χ1) is 14.8. The summed E-state index contributed by atoms with van der Waals surface area (Å²) in [5.41, 5.74) is 4.09. The third-order valence-corrected chi connectivity index (χ3v) is 4.75. The molecule has 0 radical (unpaired) electrons. The van der Waals surface area contributed by atoms with Crippen LogP contribution in [0.4, 0.5) is 5.69 Å². The molecule has 0 spiro atoms. The van der Waals surface area contributed by atoms with E-state index in [-0.39, 0.29) is 17.2 Å². The van der Waals surface area contributed by atoms with Crippen LogP contribution in [0, 0.1) is 0 Å². The van der Waals surface area contributed by atoms with E-state index in [2.05, 4.69) is 48.5 Å². The van der Waals surface area contributed by atoms with E-state index in [1.165, 1.54) is 11.6 Å². The number of benzene rings is 2. The molecule has 0 aliphatic heterocycles. The summed E-state index contributed by atoms with van der Waals surface area (Å²) in [6, 6.07) is 20.5. The Morgan fingerprint density at radius 2 is 1.74 bits per heavy atom. The second-order valence-corrected chi connectivity index (χ2v) is 8.28. The van der Waals surface area contributed by atoms with Crippen LogP contribution in [0.1, 0.15) is 48.0 Å². The van der Waals surface area contributed by atoms with Gasteiger partial charge >= 0.3 is 0 Å². The van der Waals surface area contributed by atoms with Gasteiger partial charge in [0.1, 0.15) is 0 Å². The maximum Gasteiger partial charge on any atom is 0.251 e. The fourth-order valence-electron chi connectivity index (χ4n) is 2.96. The van der Waals surface area contributed by atoms with Gasteiger partial charge in [0.05, 0.1) is 12.2 Å². The Labute approximate surface area is 183 Å². The minimum atomic E-state index is -0.258. The van der Waals surface area contributed by atoms with Crippen LogP contribution in [0.3, 0.4) is 0 Å². The molecule has 0 unspecified atom stereocenters. The smallest absolute Gasteiger partial charge is 0.251 e. The fraction of sp³-hybridized carbons (Fsp3) is 0.192. The maximum atomic E-state index is 12.4. The van der Waals surface area contributed by atoms with E-state index in [4.69, 9.17) is 0 Å². The molecule has 158 valence electrons. The summed E-state index contributed by atoms with van der Waals surface area (Å²) in [5, 5.41) is 5.63. The molecule has 5 nitrogen and oxygen atoms in total. The lowest BCUT2D eigenvalue weighted by Gasteiger charge is -2.18. The average molecular weight is 414 g/mol. The van der Waals surface area contributed by atoms with Crippen molar-refractivity contribution in [2.24, 2.45) is 0 Å². The number of carbonyl (C=O) groups is 2. The summed E-state index contributed by atoms with van der Waals surface area (Å²) < 4.78 is 0. The number of nitrogens with one attached hydrogen (secondary N) is 2. The van der Waals surface area contributed by atoms with Crippen LogP contribution in [-0.4, -0.2) is 16.8 Å². The number of nitrogens with zero attached hydrogens (tertiary/aromatic N) is 1. The Balaban J connectivity index is 1.57. The molecule has 0 bridgehead atoms. The van der Waals surface area contributed by atoms with Gasteiger partial charge in [-0.2, -0.15) is 0 Å². The number of amides is 2. The predicted octanol–water partition coefficient (Wildman–Crippen LogP) is 4.96. The molecule has 2 N–H and O–H groups in total. The molecule has 3 aromatic rings. The van der Waals surface area contributed by atoms with Gasteiger partial charge in [-0.05, 0) is 52.9 Å². The van der Waals surface area contributed by atoms with Gasteiger partial charge in [-0.15, -0.1) is 0 Å². The third-order valence-electron chi connectivity index (χ3n) is 4.75. The Kier molecular flexibility index (Phi) is 6.98. The van der Waals surface area contributed by atoms with Crippen molar-refractivity contribution in [3.8, 4) is 0 Å². The number of hydrogen-bond donors (Lipinski definition) is 2. The lowest BCUT2D eigenvalue weighted by atomic mass is 9.87. The number of carbonyl (C=O) groups excluding carboxylic acids is 2. The minimum absolute atomic E-state index is 0.0918. The molecule has 0 saturated heterocycles. The van der Waals surface area contributed by atoms with Gasteiger partial charge in [0, 0.05) is 23.5 Å².